The molecule has 0 radical (unpaired) electrons. The van der Waals surface area contributed by atoms with Crippen molar-refractivity contribution in [2.45, 2.75) is 78.7 Å². The molecule has 0 saturated heterocycles. The highest BCUT2D eigenvalue weighted by atomic mass is 28.3. The van der Waals surface area contributed by atoms with Gasteiger partial charge in [0.25, 0.3) is 0 Å². The fraction of sp³-hybridized carbons (Fsp3) is 0.870. The number of ketones is 1. The highest BCUT2D eigenvalue weighted by Gasteiger charge is 2.56. The van der Waals surface area contributed by atoms with Gasteiger partial charge < -0.3 is 9.47 Å². The minimum Gasteiger partial charge on any atom is -0.356 e. The number of rotatable bonds is 9. The third kappa shape index (κ3) is 5.54. The highest BCUT2D eigenvalue weighted by Crippen LogP contribution is 2.58. The summed E-state index contributed by atoms with van der Waals surface area (Å²) in [4.78, 5) is 12.8. The summed E-state index contributed by atoms with van der Waals surface area (Å²) >= 11 is 0. The second kappa shape index (κ2) is 8.92. The van der Waals surface area contributed by atoms with Crippen LogP contribution in [0.25, 0.3) is 0 Å². The van der Waals surface area contributed by atoms with E-state index in [0.717, 1.165) is 19.4 Å². The van der Waals surface area contributed by atoms with Crippen molar-refractivity contribution in [1.29, 1.82) is 0 Å². The fourth-order valence-electron chi connectivity index (χ4n) is 5.35. The average Bonchev–Trinajstić information content (AvgIpc) is 2.84. The van der Waals surface area contributed by atoms with Gasteiger partial charge >= 0.3 is 0 Å². The molecule has 0 N–H and O–H groups in total. The van der Waals surface area contributed by atoms with E-state index < -0.39 is 8.07 Å². The molecule has 2 saturated carbocycles. The summed E-state index contributed by atoms with van der Waals surface area (Å²) in [5.74, 6) is 2.22. The summed E-state index contributed by atoms with van der Waals surface area (Å²) in [6.45, 7) is 21.3. The van der Waals surface area contributed by atoms with Crippen molar-refractivity contribution in [3.63, 3.8) is 0 Å². The average molecular weight is 395 g/mol. The molecule has 0 aliphatic heterocycles. The normalized spacial score (nSPS) is 35.3. The van der Waals surface area contributed by atoms with E-state index in [1.807, 2.05) is 6.08 Å². The zero-order valence-electron chi connectivity index (χ0n) is 18.7. The summed E-state index contributed by atoms with van der Waals surface area (Å²) in [6, 6.07) is 1.17. The number of allylic oxidation sites excluding steroid dienone is 1. The number of fused-ring (bicyclic) bond motifs is 1. The SMILES string of the molecule is C=C[C@@H](C)[C@@H]1C[C@]2(C)C[C@H](OCOCC[Si](C)(C)C)[C@@H](C(C)C)[C@H]2CC1=O. The summed E-state index contributed by atoms with van der Waals surface area (Å²) in [5.41, 5.74) is 0.188. The lowest BCUT2D eigenvalue weighted by atomic mass is 9.60. The van der Waals surface area contributed by atoms with Crippen LogP contribution in [0.1, 0.15) is 47.0 Å². The van der Waals surface area contributed by atoms with Crippen molar-refractivity contribution in [1.82, 2.24) is 0 Å². The molecule has 2 rings (SSSR count). The zero-order valence-corrected chi connectivity index (χ0v) is 19.7. The van der Waals surface area contributed by atoms with E-state index in [1.54, 1.807) is 0 Å². The van der Waals surface area contributed by atoms with Gasteiger partial charge in [-0.15, -0.1) is 6.58 Å². The number of hydrogen-bond acceptors (Lipinski definition) is 3. The van der Waals surface area contributed by atoms with Crippen molar-refractivity contribution in [3.8, 4) is 0 Å². The third-order valence-corrected chi connectivity index (χ3v) is 8.82. The predicted molar refractivity (Wildman–Crippen MR) is 115 cm³/mol. The van der Waals surface area contributed by atoms with E-state index in [9.17, 15) is 4.79 Å². The molecular formula is C23H42O3Si. The molecule has 0 unspecified atom stereocenters. The Hall–Kier alpha value is -0.453. The topological polar surface area (TPSA) is 35.5 Å². The van der Waals surface area contributed by atoms with Gasteiger partial charge in [-0.2, -0.15) is 0 Å². The minimum absolute atomic E-state index is 0.128. The Morgan fingerprint density at radius 1 is 1.26 bits per heavy atom. The molecule has 2 aliphatic rings. The fourth-order valence-corrected chi connectivity index (χ4v) is 6.11. The number of carbonyl (C=O) groups excluding carboxylic acids is 1. The molecule has 0 bridgehead atoms. The van der Waals surface area contributed by atoms with Crippen LogP contribution in [0.3, 0.4) is 0 Å². The molecule has 0 aromatic heterocycles. The monoisotopic (exact) mass is 394 g/mol. The Morgan fingerprint density at radius 2 is 1.93 bits per heavy atom. The first kappa shape index (κ1) is 22.8. The van der Waals surface area contributed by atoms with E-state index in [1.165, 1.54) is 6.04 Å². The second-order valence-corrected chi connectivity index (χ2v) is 16.5. The van der Waals surface area contributed by atoms with Gasteiger partial charge in [-0.25, -0.2) is 0 Å². The third-order valence-electron chi connectivity index (χ3n) is 7.12. The molecule has 2 fully saturated rings. The summed E-state index contributed by atoms with van der Waals surface area (Å²) in [5, 5.41) is 0. The maximum absolute atomic E-state index is 12.8. The number of ether oxygens (including phenoxy) is 2. The second-order valence-electron chi connectivity index (χ2n) is 10.9. The lowest BCUT2D eigenvalue weighted by molar-refractivity contribution is -0.132. The van der Waals surface area contributed by atoms with Gasteiger partial charge in [0.15, 0.2) is 0 Å². The predicted octanol–water partition coefficient (Wildman–Crippen LogP) is 5.78. The van der Waals surface area contributed by atoms with Crippen LogP contribution in [-0.2, 0) is 14.3 Å². The van der Waals surface area contributed by atoms with Crippen LogP contribution in [0.15, 0.2) is 12.7 Å². The van der Waals surface area contributed by atoms with E-state index in [2.05, 4.69) is 53.9 Å². The van der Waals surface area contributed by atoms with E-state index >= 15 is 0 Å². The Kier molecular flexibility index (Phi) is 7.54. The van der Waals surface area contributed by atoms with Crippen LogP contribution >= 0.6 is 0 Å². The molecule has 2 aliphatic carbocycles. The van der Waals surface area contributed by atoms with Gasteiger partial charge in [0, 0.05) is 27.0 Å². The van der Waals surface area contributed by atoms with Gasteiger partial charge in [-0.05, 0) is 48.0 Å². The van der Waals surface area contributed by atoms with Crippen LogP contribution in [-0.4, -0.2) is 33.4 Å². The molecule has 27 heavy (non-hydrogen) atoms. The highest BCUT2D eigenvalue weighted by molar-refractivity contribution is 6.76. The quantitative estimate of drug-likeness (QED) is 0.215. The Morgan fingerprint density at radius 3 is 2.48 bits per heavy atom. The lowest BCUT2D eigenvalue weighted by Gasteiger charge is -2.43. The first-order valence-electron chi connectivity index (χ1n) is 10.8. The maximum atomic E-state index is 12.8. The van der Waals surface area contributed by atoms with Gasteiger partial charge in [0.05, 0.1) is 6.10 Å². The molecule has 4 heteroatoms. The summed E-state index contributed by atoms with van der Waals surface area (Å²) < 4.78 is 12.1. The van der Waals surface area contributed by atoms with Gasteiger partial charge in [0.1, 0.15) is 12.6 Å². The number of Topliss-reactive ketones (excluding diaryl/α,β-unsaturated/α-hetero) is 1. The number of carbonyl (C=O) groups is 1. The van der Waals surface area contributed by atoms with Crippen molar-refractivity contribution in [3.05, 3.63) is 12.7 Å². The van der Waals surface area contributed by atoms with E-state index in [-0.39, 0.29) is 23.4 Å². The standard InChI is InChI=1S/C23H42O3Si/c1-9-17(4)18-13-23(5)14-21(26-15-25-10-11-27(6,7)8)22(16(2)3)19(23)12-20(18)24/h9,16-19,21-22H,1,10-15H2,2-8H3/t17-,18+,19-,21+,22+,23-/m1/s1. The Labute approximate surface area is 168 Å². The smallest absolute Gasteiger partial charge is 0.147 e. The molecule has 0 spiro atoms. The zero-order chi connectivity index (χ0) is 20.4. The van der Waals surface area contributed by atoms with Crippen molar-refractivity contribution >= 4 is 13.9 Å². The largest absolute Gasteiger partial charge is 0.356 e. The number of hydrogen-bond donors (Lipinski definition) is 0. The first-order chi connectivity index (χ1) is 12.5. The van der Waals surface area contributed by atoms with Crippen molar-refractivity contribution in [2.24, 2.45) is 35.0 Å². The Bertz CT molecular complexity index is 524. The van der Waals surface area contributed by atoms with Gasteiger partial charge in [-0.3, -0.25) is 4.79 Å². The van der Waals surface area contributed by atoms with Crippen LogP contribution in [0.5, 0.6) is 0 Å². The van der Waals surface area contributed by atoms with Crippen LogP contribution < -0.4 is 0 Å². The van der Waals surface area contributed by atoms with Gasteiger partial charge in [-0.1, -0.05) is 53.4 Å². The molecule has 0 aromatic carbocycles. The maximum Gasteiger partial charge on any atom is 0.147 e. The van der Waals surface area contributed by atoms with Crippen LogP contribution in [0.2, 0.25) is 25.7 Å². The van der Waals surface area contributed by atoms with Crippen LogP contribution in [0, 0.1) is 35.0 Å². The molecule has 156 valence electrons. The molecule has 0 aromatic rings. The van der Waals surface area contributed by atoms with Crippen LogP contribution in [0.4, 0.5) is 0 Å². The minimum atomic E-state index is -1.06. The molecule has 6 atom stereocenters. The van der Waals surface area contributed by atoms with Crippen molar-refractivity contribution < 1.29 is 14.3 Å². The molecule has 3 nitrogen and oxygen atoms in total. The molecule has 0 heterocycles. The van der Waals surface area contributed by atoms with E-state index in [0.29, 0.717) is 36.8 Å². The summed E-state index contributed by atoms with van der Waals surface area (Å²) in [6.07, 6.45) is 4.88. The lowest BCUT2D eigenvalue weighted by Crippen LogP contribution is -2.41. The Balaban J connectivity index is 2.01. The summed E-state index contributed by atoms with van der Waals surface area (Å²) in [7, 11) is -1.06. The van der Waals surface area contributed by atoms with Gasteiger partial charge in [0.2, 0.25) is 0 Å². The molecule has 0 amide bonds. The van der Waals surface area contributed by atoms with E-state index in [4.69, 9.17) is 9.47 Å². The molecular weight excluding hydrogens is 352 g/mol. The first-order valence-corrected chi connectivity index (χ1v) is 14.5. The van der Waals surface area contributed by atoms with Crippen molar-refractivity contribution in [2.75, 3.05) is 13.4 Å².